The van der Waals surface area contributed by atoms with Crippen molar-refractivity contribution in [1.82, 2.24) is 4.83 Å². The average Bonchev–Trinajstić information content (AvgIpc) is 2.36. The van der Waals surface area contributed by atoms with Crippen LogP contribution >= 0.6 is 0 Å². The van der Waals surface area contributed by atoms with Crippen molar-refractivity contribution in [3.05, 3.63) is 24.2 Å². The number of sulfonamides is 1. The standard InChI is InChI=1S/C6H8N2O3S/c1-12(9,10)8-7-5-6-3-2-4-11-6/h2-5,8H,1H3/b7-5-. The van der Waals surface area contributed by atoms with E-state index >= 15 is 0 Å². The molecule has 0 unspecified atom stereocenters. The molecule has 0 aromatic carbocycles. The largest absolute Gasteiger partial charge is 0.463 e. The van der Waals surface area contributed by atoms with Gasteiger partial charge in [0.15, 0.2) is 0 Å². The SMILES string of the molecule is CS(=O)(=O)N/N=C\c1ccco1. The Hall–Kier alpha value is -1.30. The molecular formula is C6H8N2O3S. The van der Waals surface area contributed by atoms with Crippen molar-refractivity contribution in [3.8, 4) is 0 Å². The van der Waals surface area contributed by atoms with Gasteiger partial charge in [0.1, 0.15) is 5.76 Å². The van der Waals surface area contributed by atoms with Crippen LogP contribution in [0.1, 0.15) is 5.76 Å². The lowest BCUT2D eigenvalue weighted by Crippen LogP contribution is -2.15. The first kappa shape index (κ1) is 8.79. The van der Waals surface area contributed by atoms with E-state index in [0.717, 1.165) is 6.26 Å². The van der Waals surface area contributed by atoms with Crippen molar-refractivity contribution in [1.29, 1.82) is 0 Å². The number of rotatable bonds is 3. The summed E-state index contributed by atoms with van der Waals surface area (Å²) in [5, 5.41) is 3.43. The Kier molecular flexibility index (Phi) is 2.49. The molecule has 66 valence electrons. The highest BCUT2D eigenvalue weighted by atomic mass is 32.2. The molecule has 0 atom stereocenters. The second kappa shape index (κ2) is 3.40. The molecule has 0 saturated carbocycles. The Morgan fingerprint density at radius 3 is 2.92 bits per heavy atom. The molecule has 1 heterocycles. The smallest absolute Gasteiger partial charge is 0.244 e. The van der Waals surface area contributed by atoms with Gasteiger partial charge in [-0.05, 0) is 12.1 Å². The Morgan fingerprint density at radius 1 is 1.67 bits per heavy atom. The van der Waals surface area contributed by atoms with Crippen molar-refractivity contribution in [2.24, 2.45) is 5.10 Å². The number of hydrogen-bond donors (Lipinski definition) is 1. The number of furan rings is 1. The van der Waals surface area contributed by atoms with Crippen LogP contribution in [0.25, 0.3) is 0 Å². The summed E-state index contributed by atoms with van der Waals surface area (Å²) in [6, 6.07) is 3.34. The van der Waals surface area contributed by atoms with E-state index < -0.39 is 10.0 Å². The van der Waals surface area contributed by atoms with Gasteiger partial charge < -0.3 is 4.42 Å². The van der Waals surface area contributed by atoms with E-state index in [2.05, 4.69) is 5.10 Å². The predicted octanol–water partition coefficient (Wildman–Crippen LogP) is 0.163. The Balaban J connectivity index is 2.54. The molecule has 0 radical (unpaired) electrons. The average molecular weight is 188 g/mol. The van der Waals surface area contributed by atoms with Gasteiger partial charge >= 0.3 is 0 Å². The van der Waals surface area contributed by atoms with E-state index in [-0.39, 0.29) is 0 Å². The maximum Gasteiger partial charge on any atom is 0.244 e. The van der Waals surface area contributed by atoms with Gasteiger partial charge in [-0.3, -0.25) is 0 Å². The van der Waals surface area contributed by atoms with Crippen molar-refractivity contribution in [2.45, 2.75) is 0 Å². The summed E-state index contributed by atoms with van der Waals surface area (Å²) in [6.45, 7) is 0. The van der Waals surface area contributed by atoms with E-state index in [1.807, 2.05) is 4.83 Å². The lowest BCUT2D eigenvalue weighted by atomic mass is 10.5. The summed E-state index contributed by atoms with van der Waals surface area (Å²) >= 11 is 0. The molecule has 5 nitrogen and oxygen atoms in total. The normalized spacial score (nSPS) is 12.1. The highest BCUT2D eigenvalue weighted by molar-refractivity contribution is 7.88. The molecule has 1 aromatic rings. The van der Waals surface area contributed by atoms with Crippen LogP contribution in [-0.4, -0.2) is 20.9 Å². The second-order valence-electron chi connectivity index (χ2n) is 2.14. The van der Waals surface area contributed by atoms with Gasteiger partial charge in [-0.15, -0.1) is 0 Å². The molecule has 0 fully saturated rings. The van der Waals surface area contributed by atoms with Crippen molar-refractivity contribution < 1.29 is 12.8 Å². The molecule has 6 heteroatoms. The van der Waals surface area contributed by atoms with Gasteiger partial charge in [-0.1, -0.05) is 0 Å². The third kappa shape index (κ3) is 3.20. The molecule has 0 saturated heterocycles. The Labute approximate surface area is 70.1 Å². The minimum Gasteiger partial charge on any atom is -0.463 e. The molecule has 0 aliphatic rings. The maximum atomic E-state index is 10.5. The molecule has 1 N–H and O–H groups in total. The molecule has 0 aliphatic heterocycles. The summed E-state index contributed by atoms with van der Waals surface area (Å²) in [6.07, 6.45) is 3.77. The first-order valence-corrected chi connectivity index (χ1v) is 5.00. The first-order valence-electron chi connectivity index (χ1n) is 3.11. The van der Waals surface area contributed by atoms with E-state index in [1.165, 1.54) is 12.5 Å². The molecular weight excluding hydrogens is 180 g/mol. The van der Waals surface area contributed by atoms with Gasteiger partial charge in [0.25, 0.3) is 0 Å². The second-order valence-corrected chi connectivity index (χ2v) is 3.86. The van der Waals surface area contributed by atoms with Gasteiger partial charge in [0, 0.05) is 0 Å². The lowest BCUT2D eigenvalue weighted by Gasteiger charge is -1.91. The van der Waals surface area contributed by atoms with Crippen LogP contribution < -0.4 is 4.83 Å². The van der Waals surface area contributed by atoms with Crippen LogP contribution in [0.2, 0.25) is 0 Å². The fourth-order valence-corrected chi connectivity index (χ4v) is 0.795. The zero-order valence-corrected chi connectivity index (χ0v) is 7.21. The third-order valence-corrected chi connectivity index (χ3v) is 1.39. The first-order chi connectivity index (χ1) is 5.58. The molecule has 0 amide bonds. The van der Waals surface area contributed by atoms with Crippen molar-refractivity contribution >= 4 is 16.2 Å². The monoisotopic (exact) mass is 188 g/mol. The van der Waals surface area contributed by atoms with Crippen LogP contribution in [0.3, 0.4) is 0 Å². The van der Waals surface area contributed by atoms with Crippen LogP contribution in [0.4, 0.5) is 0 Å². The number of hydrazone groups is 1. The number of nitrogens with one attached hydrogen (secondary N) is 1. The Bertz CT molecular complexity index is 352. The zero-order valence-electron chi connectivity index (χ0n) is 6.39. The zero-order chi connectivity index (χ0) is 9.03. The minimum absolute atomic E-state index is 0.492. The Morgan fingerprint density at radius 2 is 2.42 bits per heavy atom. The summed E-state index contributed by atoms with van der Waals surface area (Å²) in [7, 11) is -3.27. The van der Waals surface area contributed by atoms with Crippen LogP contribution in [0.5, 0.6) is 0 Å². The quantitative estimate of drug-likeness (QED) is 0.542. The highest BCUT2D eigenvalue weighted by Gasteiger charge is 1.94. The molecule has 1 rings (SSSR count). The fourth-order valence-electron chi connectivity index (χ4n) is 0.550. The summed E-state index contributed by atoms with van der Waals surface area (Å²) in [5.41, 5.74) is 0. The van der Waals surface area contributed by atoms with Crippen molar-refractivity contribution in [3.63, 3.8) is 0 Å². The molecule has 0 spiro atoms. The maximum absolute atomic E-state index is 10.5. The molecule has 1 aromatic heterocycles. The predicted molar refractivity (Wildman–Crippen MR) is 44.3 cm³/mol. The summed E-state index contributed by atoms with van der Waals surface area (Å²) in [4.78, 5) is 1.94. The van der Waals surface area contributed by atoms with Crippen LogP contribution in [-0.2, 0) is 10.0 Å². The van der Waals surface area contributed by atoms with Crippen LogP contribution in [0, 0.1) is 0 Å². The molecule has 0 aliphatic carbocycles. The van der Waals surface area contributed by atoms with Gasteiger partial charge in [-0.2, -0.15) is 5.10 Å². The minimum atomic E-state index is -3.27. The van der Waals surface area contributed by atoms with E-state index in [1.54, 1.807) is 12.1 Å². The van der Waals surface area contributed by atoms with Gasteiger partial charge in [-0.25, -0.2) is 13.2 Å². The van der Waals surface area contributed by atoms with Crippen molar-refractivity contribution in [2.75, 3.05) is 6.26 Å². The fraction of sp³-hybridized carbons (Fsp3) is 0.167. The summed E-state index contributed by atoms with van der Waals surface area (Å²) < 4.78 is 25.9. The van der Waals surface area contributed by atoms with E-state index in [4.69, 9.17) is 4.42 Å². The van der Waals surface area contributed by atoms with Gasteiger partial charge in [0.05, 0.1) is 18.7 Å². The van der Waals surface area contributed by atoms with Crippen LogP contribution in [0.15, 0.2) is 27.9 Å². The third-order valence-electron chi connectivity index (χ3n) is 0.954. The highest BCUT2D eigenvalue weighted by Crippen LogP contribution is 1.94. The summed E-state index contributed by atoms with van der Waals surface area (Å²) in [5.74, 6) is 0.492. The number of nitrogens with zero attached hydrogens (tertiary/aromatic N) is 1. The molecule has 12 heavy (non-hydrogen) atoms. The number of hydrogen-bond acceptors (Lipinski definition) is 4. The van der Waals surface area contributed by atoms with Gasteiger partial charge in [0.2, 0.25) is 10.0 Å². The molecule has 0 bridgehead atoms. The lowest BCUT2D eigenvalue weighted by molar-refractivity contribution is 0.559. The van der Waals surface area contributed by atoms with E-state index in [0.29, 0.717) is 5.76 Å². The van der Waals surface area contributed by atoms with E-state index in [9.17, 15) is 8.42 Å². The topological polar surface area (TPSA) is 71.7 Å².